The fourth-order valence-corrected chi connectivity index (χ4v) is 2.18. The Bertz CT molecular complexity index is 130. The Labute approximate surface area is 88.1 Å². The van der Waals surface area contributed by atoms with Crippen molar-refractivity contribution in [2.75, 3.05) is 13.2 Å². The van der Waals surface area contributed by atoms with Gasteiger partial charge in [-0.3, -0.25) is 0 Å². The molecule has 1 atom stereocenters. The first-order valence-electron chi connectivity index (χ1n) is 6.17. The first-order valence-corrected chi connectivity index (χ1v) is 6.17. The van der Waals surface area contributed by atoms with Crippen LogP contribution in [0.4, 0.5) is 0 Å². The van der Waals surface area contributed by atoms with E-state index >= 15 is 0 Å². The van der Waals surface area contributed by atoms with Crippen LogP contribution in [0.2, 0.25) is 0 Å². The summed E-state index contributed by atoms with van der Waals surface area (Å²) in [5.41, 5.74) is 0. The Morgan fingerprint density at radius 2 is 1.71 bits per heavy atom. The molecule has 0 heterocycles. The Morgan fingerprint density at radius 3 is 2.29 bits per heavy atom. The highest BCUT2D eigenvalue weighted by Gasteiger charge is 2.11. The van der Waals surface area contributed by atoms with E-state index in [-0.39, 0.29) is 12.6 Å². The van der Waals surface area contributed by atoms with E-state index in [1.54, 1.807) is 0 Å². The number of aliphatic hydroxyl groups is 1. The van der Waals surface area contributed by atoms with Crippen LogP contribution in [0, 0.1) is 5.92 Å². The van der Waals surface area contributed by atoms with E-state index in [0.29, 0.717) is 0 Å². The molecule has 0 aromatic rings. The Balaban J connectivity index is 2.13. The van der Waals surface area contributed by atoms with Crippen LogP contribution in [-0.2, 0) is 0 Å². The van der Waals surface area contributed by atoms with Crippen LogP contribution in [0.25, 0.3) is 0 Å². The van der Waals surface area contributed by atoms with Crippen molar-refractivity contribution in [2.24, 2.45) is 5.92 Å². The molecule has 84 valence electrons. The van der Waals surface area contributed by atoms with Gasteiger partial charge in [-0.25, -0.2) is 0 Å². The van der Waals surface area contributed by atoms with Gasteiger partial charge in [-0.1, -0.05) is 32.1 Å². The Hall–Kier alpha value is -0.0800. The molecule has 2 nitrogen and oxygen atoms in total. The van der Waals surface area contributed by atoms with Gasteiger partial charge in [0.15, 0.2) is 0 Å². The van der Waals surface area contributed by atoms with Gasteiger partial charge in [0.05, 0.1) is 6.61 Å². The van der Waals surface area contributed by atoms with Crippen molar-refractivity contribution >= 4 is 0 Å². The molecule has 2 heteroatoms. The first-order chi connectivity index (χ1) is 6.83. The fraction of sp³-hybridized carbons (Fsp3) is 1.00. The Kier molecular flexibility index (Phi) is 6.20. The maximum Gasteiger partial charge on any atom is 0.0581 e. The molecule has 2 N–H and O–H groups in total. The molecule has 0 aliphatic heterocycles. The molecule has 0 saturated heterocycles. The van der Waals surface area contributed by atoms with Crippen molar-refractivity contribution in [2.45, 2.75) is 57.9 Å². The topological polar surface area (TPSA) is 32.3 Å². The molecule has 1 unspecified atom stereocenters. The van der Waals surface area contributed by atoms with Gasteiger partial charge in [0, 0.05) is 6.04 Å². The lowest BCUT2D eigenvalue weighted by Crippen LogP contribution is -2.33. The van der Waals surface area contributed by atoms with E-state index in [1.165, 1.54) is 44.9 Å². The highest BCUT2D eigenvalue weighted by atomic mass is 16.3. The third-order valence-corrected chi connectivity index (χ3v) is 3.25. The summed E-state index contributed by atoms with van der Waals surface area (Å²) in [6.45, 7) is 3.40. The summed E-state index contributed by atoms with van der Waals surface area (Å²) >= 11 is 0. The number of nitrogens with one attached hydrogen (secondary N) is 1. The number of rotatable bonds is 4. The van der Waals surface area contributed by atoms with Gasteiger partial charge in [0.25, 0.3) is 0 Å². The summed E-state index contributed by atoms with van der Waals surface area (Å²) in [6, 6.07) is 0.264. The lowest BCUT2D eigenvalue weighted by molar-refractivity contribution is 0.240. The van der Waals surface area contributed by atoms with E-state index in [4.69, 9.17) is 5.11 Å². The molecule has 0 spiro atoms. The van der Waals surface area contributed by atoms with Gasteiger partial charge in [0.1, 0.15) is 0 Å². The zero-order valence-electron chi connectivity index (χ0n) is 9.47. The van der Waals surface area contributed by atoms with E-state index in [9.17, 15) is 0 Å². The molecule has 0 aromatic carbocycles. The summed E-state index contributed by atoms with van der Waals surface area (Å²) in [7, 11) is 0. The largest absolute Gasteiger partial charge is 0.395 e. The van der Waals surface area contributed by atoms with Gasteiger partial charge in [-0.15, -0.1) is 0 Å². The summed E-state index contributed by atoms with van der Waals surface area (Å²) in [5, 5.41) is 12.3. The van der Waals surface area contributed by atoms with Gasteiger partial charge in [0.2, 0.25) is 0 Å². The first kappa shape index (κ1) is 12.0. The molecule has 1 rings (SSSR count). The molecule has 1 saturated carbocycles. The van der Waals surface area contributed by atoms with E-state index in [0.717, 1.165) is 12.5 Å². The lowest BCUT2D eigenvalue weighted by Gasteiger charge is -2.21. The molecule has 14 heavy (non-hydrogen) atoms. The quantitative estimate of drug-likeness (QED) is 0.728. The molecule has 0 radical (unpaired) electrons. The second kappa shape index (κ2) is 7.24. The van der Waals surface area contributed by atoms with Gasteiger partial charge >= 0.3 is 0 Å². The lowest BCUT2D eigenvalue weighted by atomic mass is 9.91. The average Bonchev–Trinajstić information content (AvgIpc) is 2.15. The van der Waals surface area contributed by atoms with E-state index < -0.39 is 0 Å². The van der Waals surface area contributed by atoms with Crippen LogP contribution in [0.1, 0.15) is 51.9 Å². The second-order valence-electron chi connectivity index (χ2n) is 4.70. The van der Waals surface area contributed by atoms with Gasteiger partial charge < -0.3 is 10.4 Å². The van der Waals surface area contributed by atoms with E-state index in [1.807, 2.05) is 6.92 Å². The maximum atomic E-state index is 8.90. The highest BCUT2D eigenvalue weighted by Crippen LogP contribution is 2.21. The summed E-state index contributed by atoms with van der Waals surface area (Å²) in [6.07, 6.45) is 9.85. The molecule has 1 aliphatic carbocycles. The fourth-order valence-electron chi connectivity index (χ4n) is 2.18. The zero-order valence-corrected chi connectivity index (χ0v) is 9.47. The normalized spacial score (nSPS) is 22.7. The third-order valence-electron chi connectivity index (χ3n) is 3.25. The van der Waals surface area contributed by atoms with Crippen molar-refractivity contribution in [3.05, 3.63) is 0 Å². The molecular weight excluding hydrogens is 174 g/mol. The minimum atomic E-state index is 0.257. The minimum Gasteiger partial charge on any atom is -0.395 e. The van der Waals surface area contributed by atoms with Crippen LogP contribution < -0.4 is 5.32 Å². The van der Waals surface area contributed by atoms with Crippen molar-refractivity contribution < 1.29 is 5.11 Å². The molecule has 0 aromatic heterocycles. The zero-order chi connectivity index (χ0) is 10.2. The van der Waals surface area contributed by atoms with Crippen LogP contribution >= 0.6 is 0 Å². The van der Waals surface area contributed by atoms with Crippen molar-refractivity contribution in [1.82, 2.24) is 5.32 Å². The molecule has 0 amide bonds. The van der Waals surface area contributed by atoms with Crippen molar-refractivity contribution in [1.29, 1.82) is 0 Å². The highest BCUT2D eigenvalue weighted by molar-refractivity contribution is 4.68. The standard InChI is InChI=1S/C12H25NO/c1-11(10-14)13-9-12-7-5-3-2-4-6-8-12/h11-14H,2-10H2,1H3. The SMILES string of the molecule is CC(CO)NCC1CCCCCCC1. The van der Waals surface area contributed by atoms with Crippen molar-refractivity contribution in [3.63, 3.8) is 0 Å². The van der Waals surface area contributed by atoms with Crippen LogP contribution in [0.5, 0.6) is 0 Å². The molecule has 1 aliphatic rings. The molecule has 1 fully saturated rings. The van der Waals surface area contributed by atoms with Crippen molar-refractivity contribution in [3.8, 4) is 0 Å². The molecule has 0 bridgehead atoms. The predicted molar refractivity (Wildman–Crippen MR) is 60.4 cm³/mol. The second-order valence-corrected chi connectivity index (χ2v) is 4.70. The van der Waals surface area contributed by atoms with Crippen LogP contribution in [-0.4, -0.2) is 24.3 Å². The van der Waals surface area contributed by atoms with E-state index in [2.05, 4.69) is 5.32 Å². The Morgan fingerprint density at radius 1 is 1.14 bits per heavy atom. The predicted octanol–water partition coefficient (Wildman–Crippen LogP) is 2.32. The number of hydrogen-bond donors (Lipinski definition) is 2. The average molecular weight is 199 g/mol. The summed E-state index contributed by atoms with van der Waals surface area (Å²) in [4.78, 5) is 0. The molecular formula is C12H25NO. The minimum absolute atomic E-state index is 0.257. The van der Waals surface area contributed by atoms with Gasteiger partial charge in [-0.2, -0.15) is 0 Å². The summed E-state index contributed by atoms with van der Waals surface area (Å²) in [5.74, 6) is 0.851. The maximum absolute atomic E-state index is 8.90. The summed E-state index contributed by atoms with van der Waals surface area (Å²) < 4.78 is 0. The van der Waals surface area contributed by atoms with Gasteiger partial charge in [-0.05, 0) is 32.2 Å². The monoisotopic (exact) mass is 199 g/mol. The number of aliphatic hydroxyl groups excluding tert-OH is 1. The third kappa shape index (κ3) is 4.97. The number of hydrogen-bond acceptors (Lipinski definition) is 2. The smallest absolute Gasteiger partial charge is 0.0581 e. The van der Waals surface area contributed by atoms with Crippen LogP contribution in [0.3, 0.4) is 0 Å². The van der Waals surface area contributed by atoms with Crippen LogP contribution in [0.15, 0.2) is 0 Å².